The van der Waals surface area contributed by atoms with Gasteiger partial charge >= 0.3 is 5.97 Å². The topological polar surface area (TPSA) is 142 Å². The lowest BCUT2D eigenvalue weighted by atomic mass is 10.2. The van der Waals surface area contributed by atoms with Crippen LogP contribution in [0.3, 0.4) is 0 Å². The van der Waals surface area contributed by atoms with Crippen LogP contribution in [0.25, 0.3) is 0 Å². The Morgan fingerprint density at radius 3 is 2.03 bits per heavy atom. The van der Waals surface area contributed by atoms with Gasteiger partial charge in [0.15, 0.2) is 12.4 Å². The van der Waals surface area contributed by atoms with Gasteiger partial charge in [0.1, 0.15) is 0 Å². The molecule has 0 aliphatic carbocycles. The fraction of sp³-hybridized carbons (Fsp3) is 0.0833. The number of nitro benzene ring substituents is 1. The van der Waals surface area contributed by atoms with Crippen LogP contribution in [0.4, 0.5) is 11.4 Å². The van der Waals surface area contributed by atoms with Crippen molar-refractivity contribution in [1.29, 1.82) is 0 Å². The Balaban J connectivity index is 1.62. The zero-order chi connectivity index (χ0) is 25.8. The predicted octanol–water partition coefficient (Wildman–Crippen LogP) is 4.19. The molecular weight excluding hydrogens is 492 g/mol. The van der Waals surface area contributed by atoms with Crippen LogP contribution in [-0.4, -0.2) is 42.4 Å². The first kappa shape index (κ1) is 25.8. The summed E-state index contributed by atoms with van der Waals surface area (Å²) in [6.45, 7) is -1.10. The summed E-state index contributed by atoms with van der Waals surface area (Å²) in [5.74, 6) is -1.93. The number of carbonyl (C=O) groups excluding carboxylic acids is 2. The van der Waals surface area contributed by atoms with Gasteiger partial charge in [-0.25, -0.2) is 4.79 Å². The fourth-order valence-electron chi connectivity index (χ4n) is 2.67. The van der Waals surface area contributed by atoms with E-state index in [1.807, 2.05) is 36.4 Å². The van der Waals surface area contributed by atoms with Gasteiger partial charge in [-0.05, 0) is 11.1 Å². The van der Waals surface area contributed by atoms with Gasteiger partial charge < -0.3 is 19.7 Å². The first-order valence-electron chi connectivity index (χ1n) is 10.3. The Morgan fingerprint density at radius 1 is 0.917 bits per heavy atom. The molecule has 0 saturated heterocycles. The smallest absolute Gasteiger partial charge is 0.352 e. The summed E-state index contributed by atoms with van der Waals surface area (Å²) in [7, 11) is 0. The van der Waals surface area contributed by atoms with E-state index < -0.39 is 35.7 Å². The van der Waals surface area contributed by atoms with Crippen LogP contribution in [0.2, 0.25) is 5.02 Å². The number of benzene rings is 3. The highest BCUT2D eigenvalue weighted by atomic mass is 35.5. The highest BCUT2D eigenvalue weighted by molar-refractivity contribution is 6.33. The number of hydrogen-bond donors (Lipinski definition) is 1. The lowest BCUT2D eigenvalue weighted by Crippen LogP contribution is -2.20. The summed E-state index contributed by atoms with van der Waals surface area (Å²) in [6, 6.07) is 20.0. The molecule has 3 rings (SSSR count). The molecule has 0 saturated carbocycles. The Labute approximate surface area is 210 Å². The molecule has 0 atom stereocenters. The number of nitro groups is 1. The molecule has 3 aromatic carbocycles. The second-order valence-electron chi connectivity index (χ2n) is 6.92. The maximum absolute atomic E-state index is 12.3. The van der Waals surface area contributed by atoms with Gasteiger partial charge in [-0.1, -0.05) is 82.6 Å². The van der Waals surface area contributed by atoms with Crippen LogP contribution in [0, 0.1) is 10.1 Å². The molecule has 36 heavy (non-hydrogen) atoms. The van der Waals surface area contributed by atoms with Gasteiger partial charge in [0.2, 0.25) is 6.61 Å². The quantitative estimate of drug-likeness (QED) is 0.134. The minimum Gasteiger partial charge on any atom is -0.420 e. The highest BCUT2D eigenvalue weighted by Crippen LogP contribution is 2.37. The van der Waals surface area contributed by atoms with Crippen LogP contribution >= 0.6 is 11.6 Å². The van der Waals surface area contributed by atoms with Crippen molar-refractivity contribution in [1.82, 2.24) is 0 Å². The number of esters is 1. The van der Waals surface area contributed by atoms with E-state index in [4.69, 9.17) is 26.0 Å². The van der Waals surface area contributed by atoms with Crippen molar-refractivity contribution >= 4 is 47.3 Å². The van der Waals surface area contributed by atoms with Crippen molar-refractivity contribution in [2.45, 2.75) is 0 Å². The number of amides is 1. The minimum atomic E-state index is -0.907. The number of carbonyl (C=O) groups is 2. The Morgan fingerprint density at radius 2 is 1.47 bits per heavy atom. The summed E-state index contributed by atoms with van der Waals surface area (Å²) >= 11 is 6.08. The third-order valence-electron chi connectivity index (χ3n) is 4.26. The van der Waals surface area contributed by atoms with E-state index >= 15 is 0 Å². The van der Waals surface area contributed by atoms with E-state index in [1.165, 1.54) is 12.4 Å². The maximum Gasteiger partial charge on any atom is 0.352 e. The molecular formula is C24H19ClN4O7. The number of anilines is 1. The third kappa shape index (κ3) is 8.22. The summed E-state index contributed by atoms with van der Waals surface area (Å²) in [4.78, 5) is 44.9. The van der Waals surface area contributed by atoms with Gasteiger partial charge in [0, 0.05) is 12.1 Å². The van der Waals surface area contributed by atoms with Crippen molar-refractivity contribution in [3.63, 3.8) is 0 Å². The average molecular weight is 511 g/mol. The molecule has 0 unspecified atom stereocenters. The standard InChI is InChI=1S/C24H19ClN4O7/c25-20-11-19(29(32)33)12-21(28-22(30)15-34-26-13-17-7-3-1-4-8-17)24(20)36-23(31)16-35-27-14-18-9-5-2-6-10-18/h1-14H,15-16H2,(H,28,30)/b26-13-,27-14-. The van der Waals surface area contributed by atoms with Crippen LogP contribution < -0.4 is 10.1 Å². The van der Waals surface area contributed by atoms with Gasteiger partial charge in [0.05, 0.1) is 28.1 Å². The zero-order valence-electron chi connectivity index (χ0n) is 18.6. The summed E-state index contributed by atoms with van der Waals surface area (Å²) < 4.78 is 5.17. The molecule has 0 radical (unpaired) electrons. The number of ether oxygens (including phenoxy) is 1. The second-order valence-corrected chi connectivity index (χ2v) is 7.33. The van der Waals surface area contributed by atoms with E-state index in [0.29, 0.717) is 0 Å². The molecule has 0 spiro atoms. The summed E-state index contributed by atoms with van der Waals surface area (Å²) in [6.07, 6.45) is 2.81. The van der Waals surface area contributed by atoms with Crippen LogP contribution in [0.5, 0.6) is 5.75 Å². The van der Waals surface area contributed by atoms with Gasteiger partial charge in [-0.3, -0.25) is 14.9 Å². The number of rotatable bonds is 11. The fourth-order valence-corrected chi connectivity index (χ4v) is 2.92. The van der Waals surface area contributed by atoms with E-state index in [0.717, 1.165) is 23.3 Å². The predicted molar refractivity (Wildman–Crippen MR) is 132 cm³/mol. The molecule has 0 heterocycles. The van der Waals surface area contributed by atoms with E-state index in [-0.39, 0.29) is 16.5 Å². The normalized spacial score (nSPS) is 10.8. The Bertz CT molecular complexity index is 1270. The molecule has 0 aromatic heterocycles. The number of oxime groups is 2. The first-order valence-corrected chi connectivity index (χ1v) is 10.7. The van der Waals surface area contributed by atoms with E-state index in [1.54, 1.807) is 24.3 Å². The number of non-ortho nitro benzene ring substituents is 1. The largest absolute Gasteiger partial charge is 0.420 e. The van der Waals surface area contributed by atoms with Crippen molar-refractivity contribution < 1.29 is 28.9 Å². The van der Waals surface area contributed by atoms with Crippen molar-refractivity contribution in [2.24, 2.45) is 10.3 Å². The molecule has 1 amide bonds. The highest BCUT2D eigenvalue weighted by Gasteiger charge is 2.21. The lowest BCUT2D eigenvalue weighted by molar-refractivity contribution is -0.384. The number of nitrogens with zero attached hydrogens (tertiary/aromatic N) is 3. The third-order valence-corrected chi connectivity index (χ3v) is 4.54. The SMILES string of the molecule is O=C(CO/N=C\c1ccccc1)Nc1cc([N+](=O)[O-])cc(Cl)c1OC(=O)CO/N=C\c1ccccc1. The molecule has 0 aliphatic rings. The molecule has 0 bridgehead atoms. The molecule has 0 fully saturated rings. The molecule has 11 nitrogen and oxygen atoms in total. The maximum atomic E-state index is 12.3. The average Bonchev–Trinajstić information content (AvgIpc) is 2.87. The molecule has 1 N–H and O–H groups in total. The van der Waals surface area contributed by atoms with Crippen LogP contribution in [-0.2, 0) is 19.3 Å². The minimum absolute atomic E-state index is 0.212. The van der Waals surface area contributed by atoms with E-state index in [9.17, 15) is 19.7 Å². The summed E-state index contributed by atoms with van der Waals surface area (Å²) in [5, 5.41) is 20.7. The van der Waals surface area contributed by atoms with Gasteiger partial charge in [0.25, 0.3) is 11.6 Å². The first-order chi connectivity index (χ1) is 17.4. The monoisotopic (exact) mass is 510 g/mol. The number of hydrogen-bond acceptors (Lipinski definition) is 9. The molecule has 0 aliphatic heterocycles. The summed E-state index contributed by atoms with van der Waals surface area (Å²) in [5.41, 5.74) is 0.871. The Kier molecular flexibility index (Phi) is 9.48. The van der Waals surface area contributed by atoms with Crippen LogP contribution in [0.15, 0.2) is 83.1 Å². The van der Waals surface area contributed by atoms with Crippen LogP contribution in [0.1, 0.15) is 11.1 Å². The Hall–Kier alpha value is -4.77. The number of halogens is 1. The van der Waals surface area contributed by atoms with E-state index in [2.05, 4.69) is 15.6 Å². The molecule has 3 aromatic rings. The second kappa shape index (κ2) is 13.2. The zero-order valence-corrected chi connectivity index (χ0v) is 19.3. The van der Waals surface area contributed by atoms with Crippen molar-refractivity contribution in [2.75, 3.05) is 18.5 Å². The molecule has 12 heteroatoms. The molecule has 184 valence electrons. The number of nitrogens with one attached hydrogen (secondary N) is 1. The van der Waals surface area contributed by atoms with Crippen molar-refractivity contribution in [3.05, 3.63) is 99.1 Å². The van der Waals surface area contributed by atoms with Gasteiger partial charge in [-0.15, -0.1) is 0 Å². The lowest BCUT2D eigenvalue weighted by Gasteiger charge is -2.12. The van der Waals surface area contributed by atoms with Crippen molar-refractivity contribution in [3.8, 4) is 5.75 Å². The van der Waals surface area contributed by atoms with Gasteiger partial charge in [-0.2, -0.15) is 0 Å².